The number of H-pyrrole nitrogens is 1. The summed E-state index contributed by atoms with van der Waals surface area (Å²) in [6.07, 6.45) is -0.329. The molecule has 1 N–H and O–H groups in total. The highest BCUT2D eigenvalue weighted by Crippen LogP contribution is 2.22. The van der Waals surface area contributed by atoms with Gasteiger partial charge in [0, 0.05) is 17.7 Å². The molecule has 0 aliphatic carbocycles. The van der Waals surface area contributed by atoms with Crippen molar-refractivity contribution >= 4 is 11.8 Å². The first-order valence-corrected chi connectivity index (χ1v) is 10.3. The molecule has 0 spiro atoms. The lowest BCUT2D eigenvalue weighted by Crippen LogP contribution is -2.38. The molecule has 8 heteroatoms. The Hall–Kier alpha value is -3.78. The molecule has 3 aromatic rings. The van der Waals surface area contributed by atoms with Crippen molar-refractivity contribution < 1.29 is 14.3 Å². The molecule has 1 aromatic heterocycles. The molecule has 0 radical (unpaired) electrons. The number of carbonyl (C=O) groups excluding carboxylic acids is 2. The van der Waals surface area contributed by atoms with E-state index >= 15 is 0 Å². The number of nitrogens with one attached hydrogen (secondary N) is 1. The SMILES string of the molecule is Cc1c(Cc2ccccc2)n(C(C)OCCN2C(=O)c3ccccc3C2=O)c(=O)[nH]c1=O. The summed E-state index contributed by atoms with van der Waals surface area (Å²) in [4.78, 5) is 53.3. The molecule has 2 aromatic carbocycles. The second-order valence-corrected chi connectivity index (χ2v) is 7.64. The Kier molecular flexibility index (Phi) is 5.87. The van der Waals surface area contributed by atoms with Crippen molar-refractivity contribution in [1.82, 2.24) is 14.5 Å². The van der Waals surface area contributed by atoms with E-state index in [4.69, 9.17) is 4.74 Å². The van der Waals surface area contributed by atoms with E-state index in [1.165, 1.54) is 4.57 Å². The number of nitrogens with zero attached hydrogens (tertiary/aromatic N) is 2. The van der Waals surface area contributed by atoms with Crippen LogP contribution in [0.4, 0.5) is 0 Å². The monoisotopic (exact) mass is 433 g/mol. The average Bonchev–Trinajstić information content (AvgIpc) is 3.03. The highest BCUT2D eigenvalue weighted by molar-refractivity contribution is 6.21. The zero-order chi connectivity index (χ0) is 22.8. The maximum absolute atomic E-state index is 12.6. The van der Waals surface area contributed by atoms with Crippen LogP contribution in [-0.4, -0.2) is 39.4 Å². The number of ether oxygens (including phenoxy) is 1. The zero-order valence-corrected chi connectivity index (χ0v) is 17.8. The lowest BCUT2D eigenvalue weighted by atomic mass is 10.1. The van der Waals surface area contributed by atoms with Crippen LogP contribution in [0.1, 0.15) is 50.7 Å². The van der Waals surface area contributed by atoms with E-state index in [1.54, 1.807) is 38.1 Å². The summed E-state index contributed by atoms with van der Waals surface area (Å²) >= 11 is 0. The minimum Gasteiger partial charge on any atom is -0.356 e. The Morgan fingerprint density at radius 3 is 2.12 bits per heavy atom. The highest BCUT2D eigenvalue weighted by atomic mass is 16.5. The van der Waals surface area contributed by atoms with Gasteiger partial charge in [-0.3, -0.25) is 28.8 Å². The molecule has 0 saturated carbocycles. The normalized spacial score (nSPS) is 14.0. The van der Waals surface area contributed by atoms with Gasteiger partial charge in [0.15, 0.2) is 0 Å². The predicted molar refractivity (Wildman–Crippen MR) is 118 cm³/mol. The van der Waals surface area contributed by atoms with Crippen molar-refractivity contribution in [1.29, 1.82) is 0 Å². The van der Waals surface area contributed by atoms with Crippen LogP contribution in [0.2, 0.25) is 0 Å². The molecule has 2 heterocycles. The number of aromatic nitrogens is 2. The van der Waals surface area contributed by atoms with E-state index in [-0.39, 0.29) is 25.0 Å². The fraction of sp³-hybridized carbons (Fsp3) is 0.250. The van der Waals surface area contributed by atoms with E-state index in [1.807, 2.05) is 30.3 Å². The van der Waals surface area contributed by atoms with Crippen LogP contribution in [0, 0.1) is 6.92 Å². The number of fused-ring (bicyclic) bond motifs is 1. The quantitative estimate of drug-likeness (QED) is 0.576. The number of carbonyl (C=O) groups is 2. The Labute approximate surface area is 184 Å². The van der Waals surface area contributed by atoms with Crippen molar-refractivity contribution in [3.63, 3.8) is 0 Å². The molecule has 4 rings (SSSR count). The molecule has 32 heavy (non-hydrogen) atoms. The fourth-order valence-corrected chi connectivity index (χ4v) is 3.91. The minimum atomic E-state index is -0.716. The Morgan fingerprint density at radius 1 is 0.906 bits per heavy atom. The molecule has 1 atom stereocenters. The van der Waals surface area contributed by atoms with Crippen LogP contribution < -0.4 is 11.2 Å². The van der Waals surface area contributed by atoms with E-state index in [2.05, 4.69) is 4.98 Å². The summed E-state index contributed by atoms with van der Waals surface area (Å²) in [5.74, 6) is -0.715. The molecule has 164 valence electrons. The number of imide groups is 1. The molecule has 1 aliphatic heterocycles. The summed E-state index contributed by atoms with van der Waals surface area (Å²) in [5.41, 5.74) is 1.69. The van der Waals surface area contributed by atoms with Gasteiger partial charge in [0.1, 0.15) is 6.23 Å². The largest absolute Gasteiger partial charge is 0.356 e. The van der Waals surface area contributed by atoms with Gasteiger partial charge >= 0.3 is 5.69 Å². The van der Waals surface area contributed by atoms with Gasteiger partial charge < -0.3 is 4.74 Å². The number of benzene rings is 2. The highest BCUT2D eigenvalue weighted by Gasteiger charge is 2.34. The van der Waals surface area contributed by atoms with Crippen LogP contribution in [-0.2, 0) is 11.2 Å². The Bertz CT molecular complexity index is 1260. The predicted octanol–water partition coefficient (Wildman–Crippen LogP) is 2.27. The van der Waals surface area contributed by atoms with E-state index < -0.39 is 17.5 Å². The van der Waals surface area contributed by atoms with Crippen molar-refractivity contribution in [2.75, 3.05) is 13.2 Å². The third-order valence-electron chi connectivity index (χ3n) is 5.63. The maximum atomic E-state index is 12.6. The maximum Gasteiger partial charge on any atom is 0.330 e. The van der Waals surface area contributed by atoms with Crippen LogP contribution in [0.5, 0.6) is 0 Å². The molecule has 1 aliphatic rings. The number of aromatic amines is 1. The summed E-state index contributed by atoms with van der Waals surface area (Å²) in [5, 5.41) is 0. The van der Waals surface area contributed by atoms with Gasteiger partial charge in [-0.05, 0) is 31.5 Å². The van der Waals surface area contributed by atoms with Crippen molar-refractivity contribution in [2.45, 2.75) is 26.5 Å². The van der Waals surface area contributed by atoms with Gasteiger partial charge in [-0.2, -0.15) is 0 Å². The first-order chi connectivity index (χ1) is 15.4. The zero-order valence-electron chi connectivity index (χ0n) is 17.8. The van der Waals surface area contributed by atoms with E-state index in [0.29, 0.717) is 28.8 Å². The molecule has 2 amide bonds. The minimum absolute atomic E-state index is 0.0437. The summed E-state index contributed by atoms with van der Waals surface area (Å²) < 4.78 is 7.24. The lowest BCUT2D eigenvalue weighted by Gasteiger charge is -2.22. The van der Waals surface area contributed by atoms with Gasteiger partial charge in [0.25, 0.3) is 17.4 Å². The standard InChI is InChI=1S/C24H23N3O5/c1-15-20(14-17-8-4-3-5-9-17)27(24(31)25-21(15)28)16(2)32-13-12-26-22(29)18-10-6-7-11-19(18)23(26)30/h3-11,16H,12-14H2,1-2H3,(H,25,28,31). The van der Waals surface area contributed by atoms with Gasteiger partial charge in [0.05, 0.1) is 24.3 Å². The van der Waals surface area contributed by atoms with Crippen molar-refractivity contribution in [3.05, 3.63) is 103 Å². The topological polar surface area (TPSA) is 101 Å². The Balaban J connectivity index is 1.52. The third-order valence-corrected chi connectivity index (χ3v) is 5.63. The second-order valence-electron chi connectivity index (χ2n) is 7.64. The van der Waals surface area contributed by atoms with Crippen LogP contribution in [0.15, 0.2) is 64.2 Å². The number of hydrogen-bond acceptors (Lipinski definition) is 5. The lowest BCUT2D eigenvalue weighted by molar-refractivity contribution is 0.00217. The molecular formula is C24H23N3O5. The molecular weight excluding hydrogens is 410 g/mol. The smallest absolute Gasteiger partial charge is 0.330 e. The average molecular weight is 433 g/mol. The molecule has 0 bridgehead atoms. The molecule has 0 saturated heterocycles. The van der Waals surface area contributed by atoms with E-state index in [9.17, 15) is 19.2 Å². The number of rotatable bonds is 7. The first-order valence-electron chi connectivity index (χ1n) is 10.3. The van der Waals surface area contributed by atoms with E-state index in [0.717, 1.165) is 10.5 Å². The molecule has 0 fully saturated rings. The van der Waals surface area contributed by atoms with Crippen LogP contribution >= 0.6 is 0 Å². The first kappa shape index (κ1) is 21.5. The summed E-state index contributed by atoms with van der Waals surface area (Å²) in [6, 6.07) is 16.2. The van der Waals surface area contributed by atoms with Crippen molar-refractivity contribution in [2.24, 2.45) is 0 Å². The third kappa shape index (κ3) is 3.92. The van der Waals surface area contributed by atoms with Crippen LogP contribution in [0.25, 0.3) is 0 Å². The summed E-state index contributed by atoms with van der Waals surface area (Å²) in [7, 11) is 0. The number of amides is 2. The van der Waals surface area contributed by atoms with Gasteiger partial charge in [-0.25, -0.2) is 4.79 Å². The van der Waals surface area contributed by atoms with Gasteiger partial charge in [0.2, 0.25) is 0 Å². The van der Waals surface area contributed by atoms with Gasteiger partial charge in [-0.1, -0.05) is 42.5 Å². The number of hydrogen-bond donors (Lipinski definition) is 1. The van der Waals surface area contributed by atoms with Crippen LogP contribution in [0.3, 0.4) is 0 Å². The van der Waals surface area contributed by atoms with Gasteiger partial charge in [-0.15, -0.1) is 0 Å². The van der Waals surface area contributed by atoms with Crippen molar-refractivity contribution in [3.8, 4) is 0 Å². The molecule has 1 unspecified atom stereocenters. The Morgan fingerprint density at radius 2 is 1.50 bits per heavy atom. The molecule has 8 nitrogen and oxygen atoms in total. The second kappa shape index (κ2) is 8.76. The fourth-order valence-electron chi connectivity index (χ4n) is 3.91. The summed E-state index contributed by atoms with van der Waals surface area (Å²) in [6.45, 7) is 3.46.